The van der Waals surface area contributed by atoms with Crippen LogP contribution >= 0.6 is 11.3 Å². The number of β-amino-alcohol motifs (C(OH)–C–C–N with tert-alkyl or cyclic N) is 1. The number of rotatable bonds is 6. The van der Waals surface area contributed by atoms with Crippen molar-refractivity contribution in [2.24, 2.45) is 0 Å². The number of aliphatic hydroxyl groups excluding tert-OH is 1. The number of hydrogen-bond donors (Lipinski definition) is 1. The van der Waals surface area contributed by atoms with Crippen LogP contribution in [0, 0.1) is 6.92 Å². The smallest absolute Gasteiger partial charge is 0.137 e. The average molecular weight is 422 g/mol. The van der Waals surface area contributed by atoms with Crippen LogP contribution in [0.1, 0.15) is 29.2 Å². The third-order valence-electron chi connectivity index (χ3n) is 6.19. The molecule has 1 aliphatic rings. The number of aryl methyl sites for hydroxylation is 1. The van der Waals surface area contributed by atoms with E-state index in [0.717, 1.165) is 42.6 Å². The van der Waals surface area contributed by atoms with Crippen molar-refractivity contribution in [3.8, 4) is 5.75 Å². The number of piperidine rings is 1. The topological polar surface area (TPSA) is 45.8 Å². The number of benzene rings is 2. The highest BCUT2D eigenvalue weighted by molar-refractivity contribution is 7.19. The van der Waals surface area contributed by atoms with Gasteiger partial charge in [-0.05, 0) is 74.0 Å². The second-order valence-corrected chi connectivity index (χ2v) is 9.30. The Morgan fingerprint density at radius 2 is 1.93 bits per heavy atom. The minimum atomic E-state index is -0.505. The van der Waals surface area contributed by atoms with Crippen LogP contribution in [0.25, 0.3) is 21.1 Å². The van der Waals surface area contributed by atoms with Crippen LogP contribution in [0.3, 0.4) is 0 Å². The fourth-order valence-corrected chi connectivity index (χ4v) is 5.97. The summed E-state index contributed by atoms with van der Waals surface area (Å²) in [6.07, 6.45) is 3.46. The van der Waals surface area contributed by atoms with Gasteiger partial charge >= 0.3 is 0 Å². The lowest BCUT2D eigenvalue weighted by Gasteiger charge is -2.33. The third kappa shape index (κ3) is 3.85. The highest BCUT2D eigenvalue weighted by Crippen LogP contribution is 2.39. The standard InChI is InChI=1S/C25H27NO3S/c1-17-20-5-2-3-8-24(20)30-25(17)18-9-12-26(13-10-18)15-19(27)16-29-23-7-4-6-22-21(23)11-14-28-22/h2-8,11,14,18-19,27H,9-10,12-13,15-16H2,1H3. The first-order valence-corrected chi connectivity index (χ1v) is 11.5. The van der Waals surface area contributed by atoms with Gasteiger partial charge in [-0.3, -0.25) is 0 Å². The van der Waals surface area contributed by atoms with Crippen LogP contribution in [0.2, 0.25) is 0 Å². The molecule has 30 heavy (non-hydrogen) atoms. The van der Waals surface area contributed by atoms with E-state index in [0.29, 0.717) is 19.1 Å². The van der Waals surface area contributed by atoms with Crippen LogP contribution in [0.15, 0.2) is 59.2 Å². The number of furan rings is 1. The van der Waals surface area contributed by atoms with E-state index < -0.39 is 6.10 Å². The van der Waals surface area contributed by atoms with Gasteiger partial charge in [0, 0.05) is 16.1 Å². The van der Waals surface area contributed by atoms with Gasteiger partial charge in [0.25, 0.3) is 0 Å². The van der Waals surface area contributed by atoms with Crippen molar-refractivity contribution in [1.29, 1.82) is 0 Å². The molecule has 4 aromatic rings. The maximum absolute atomic E-state index is 10.5. The Morgan fingerprint density at radius 1 is 1.10 bits per heavy atom. The predicted octanol–water partition coefficient (Wildman–Crippen LogP) is 5.58. The molecule has 0 aliphatic carbocycles. The predicted molar refractivity (Wildman–Crippen MR) is 123 cm³/mol. The van der Waals surface area contributed by atoms with Gasteiger partial charge in [0.2, 0.25) is 0 Å². The summed E-state index contributed by atoms with van der Waals surface area (Å²) in [6, 6.07) is 16.4. The normalized spacial score (nSPS) is 17.0. The summed E-state index contributed by atoms with van der Waals surface area (Å²) in [4.78, 5) is 3.92. The molecule has 5 heteroatoms. The summed E-state index contributed by atoms with van der Waals surface area (Å²) in [5, 5.41) is 12.9. The fourth-order valence-electron chi connectivity index (χ4n) is 4.59. The average Bonchev–Trinajstić information content (AvgIpc) is 3.38. The molecule has 1 atom stereocenters. The van der Waals surface area contributed by atoms with Crippen LogP contribution in [-0.4, -0.2) is 42.4 Å². The summed E-state index contributed by atoms with van der Waals surface area (Å²) < 4.78 is 12.7. The summed E-state index contributed by atoms with van der Waals surface area (Å²) >= 11 is 1.96. The van der Waals surface area contributed by atoms with Crippen molar-refractivity contribution in [1.82, 2.24) is 4.90 Å². The van der Waals surface area contributed by atoms with Gasteiger partial charge in [0.05, 0.1) is 11.6 Å². The summed E-state index contributed by atoms with van der Waals surface area (Å²) in [5.41, 5.74) is 2.26. The number of fused-ring (bicyclic) bond motifs is 2. The maximum Gasteiger partial charge on any atom is 0.137 e. The van der Waals surface area contributed by atoms with Gasteiger partial charge in [-0.2, -0.15) is 0 Å². The van der Waals surface area contributed by atoms with Crippen molar-refractivity contribution in [2.45, 2.75) is 31.8 Å². The second-order valence-electron chi connectivity index (χ2n) is 8.22. The highest BCUT2D eigenvalue weighted by Gasteiger charge is 2.25. The lowest BCUT2D eigenvalue weighted by molar-refractivity contribution is 0.0600. The number of likely N-dealkylation sites (tertiary alicyclic amines) is 1. The zero-order valence-electron chi connectivity index (χ0n) is 17.2. The Bertz CT molecular complexity index is 1140. The molecule has 0 bridgehead atoms. The molecular formula is C25H27NO3S. The summed E-state index contributed by atoms with van der Waals surface area (Å²) in [7, 11) is 0. The molecule has 0 spiro atoms. The fraction of sp³-hybridized carbons (Fsp3) is 0.360. The molecule has 1 unspecified atom stereocenters. The van der Waals surface area contributed by atoms with Gasteiger partial charge in [-0.15, -0.1) is 11.3 Å². The Morgan fingerprint density at radius 3 is 2.77 bits per heavy atom. The molecule has 156 valence electrons. The minimum Gasteiger partial charge on any atom is -0.490 e. The van der Waals surface area contributed by atoms with E-state index in [1.165, 1.54) is 15.6 Å². The summed E-state index contributed by atoms with van der Waals surface area (Å²) in [6.45, 7) is 5.25. The SMILES string of the molecule is Cc1c(C2CCN(CC(O)COc3cccc4occc34)CC2)sc2ccccc12. The van der Waals surface area contributed by atoms with Gasteiger partial charge in [-0.1, -0.05) is 24.3 Å². The molecule has 0 amide bonds. The van der Waals surface area contributed by atoms with Crippen molar-refractivity contribution in [3.05, 3.63) is 65.2 Å². The largest absolute Gasteiger partial charge is 0.490 e. The van der Waals surface area contributed by atoms with E-state index in [9.17, 15) is 5.11 Å². The molecular weight excluding hydrogens is 394 g/mol. The Kier molecular flexibility index (Phi) is 5.50. The monoisotopic (exact) mass is 421 g/mol. The quantitative estimate of drug-likeness (QED) is 0.442. The van der Waals surface area contributed by atoms with E-state index in [1.54, 1.807) is 11.1 Å². The first-order chi connectivity index (χ1) is 14.7. The van der Waals surface area contributed by atoms with Gasteiger partial charge in [-0.25, -0.2) is 0 Å². The molecule has 4 nitrogen and oxygen atoms in total. The lowest BCUT2D eigenvalue weighted by atomic mass is 9.92. The Hall–Kier alpha value is -2.34. The summed E-state index contributed by atoms with van der Waals surface area (Å²) in [5.74, 6) is 1.39. The van der Waals surface area contributed by atoms with Crippen LogP contribution in [0.5, 0.6) is 5.75 Å². The van der Waals surface area contributed by atoms with E-state index >= 15 is 0 Å². The van der Waals surface area contributed by atoms with E-state index in [-0.39, 0.29) is 0 Å². The number of nitrogens with zero attached hydrogens (tertiary/aromatic N) is 1. The zero-order valence-corrected chi connectivity index (χ0v) is 18.0. The minimum absolute atomic E-state index is 0.291. The Balaban J connectivity index is 1.15. The van der Waals surface area contributed by atoms with Gasteiger partial charge in [0.1, 0.15) is 24.0 Å². The van der Waals surface area contributed by atoms with Gasteiger partial charge in [0.15, 0.2) is 0 Å². The second kappa shape index (κ2) is 8.42. The number of hydrogen-bond acceptors (Lipinski definition) is 5. The molecule has 1 aliphatic heterocycles. The maximum atomic E-state index is 10.5. The van der Waals surface area contributed by atoms with Gasteiger partial charge < -0.3 is 19.2 Å². The van der Waals surface area contributed by atoms with Crippen LogP contribution in [-0.2, 0) is 0 Å². The molecule has 1 N–H and O–H groups in total. The molecule has 2 aromatic heterocycles. The molecule has 0 radical (unpaired) electrons. The first-order valence-electron chi connectivity index (χ1n) is 10.7. The van der Waals surface area contributed by atoms with Crippen molar-refractivity contribution < 1.29 is 14.3 Å². The molecule has 2 aromatic carbocycles. The molecule has 0 saturated carbocycles. The van der Waals surface area contributed by atoms with Crippen molar-refractivity contribution in [2.75, 3.05) is 26.2 Å². The van der Waals surface area contributed by atoms with E-state index in [2.05, 4.69) is 36.1 Å². The van der Waals surface area contributed by atoms with Crippen molar-refractivity contribution in [3.63, 3.8) is 0 Å². The number of ether oxygens (including phenoxy) is 1. The lowest BCUT2D eigenvalue weighted by Crippen LogP contribution is -2.40. The van der Waals surface area contributed by atoms with E-state index in [1.807, 2.05) is 35.6 Å². The third-order valence-corrected chi connectivity index (χ3v) is 7.63. The number of thiophene rings is 1. The number of aliphatic hydroxyl groups is 1. The Labute approximate surface area is 180 Å². The zero-order chi connectivity index (χ0) is 20.5. The highest BCUT2D eigenvalue weighted by atomic mass is 32.1. The molecule has 1 saturated heterocycles. The van der Waals surface area contributed by atoms with Crippen LogP contribution in [0.4, 0.5) is 0 Å². The molecule has 1 fully saturated rings. The molecule has 3 heterocycles. The first kappa shape index (κ1) is 19.6. The van der Waals surface area contributed by atoms with Crippen molar-refractivity contribution >= 4 is 32.4 Å². The van der Waals surface area contributed by atoms with Crippen LogP contribution < -0.4 is 4.74 Å². The molecule has 5 rings (SSSR count). The van der Waals surface area contributed by atoms with E-state index in [4.69, 9.17) is 9.15 Å².